The number of amides is 1. The van der Waals surface area contributed by atoms with Gasteiger partial charge < -0.3 is 9.64 Å². The molecular weight excluding hydrogens is 276 g/mol. The van der Waals surface area contributed by atoms with E-state index in [2.05, 4.69) is 4.98 Å². The van der Waals surface area contributed by atoms with Crippen molar-refractivity contribution < 1.29 is 9.53 Å². The Hall–Kier alpha value is -2.36. The first-order valence-electron chi connectivity index (χ1n) is 7.75. The molecule has 0 radical (unpaired) electrons. The van der Waals surface area contributed by atoms with Crippen LogP contribution in [0, 0.1) is 0 Å². The SMILES string of the molecule is O=C(c1cccc(OCc2ccccn2)c1)N1CCCCC1. The lowest BCUT2D eigenvalue weighted by Crippen LogP contribution is -2.35. The first-order chi connectivity index (χ1) is 10.8. The molecule has 0 atom stereocenters. The van der Waals surface area contributed by atoms with E-state index < -0.39 is 0 Å². The van der Waals surface area contributed by atoms with Crippen LogP contribution in [0.2, 0.25) is 0 Å². The highest BCUT2D eigenvalue weighted by Crippen LogP contribution is 2.18. The molecular formula is C18H20N2O2. The van der Waals surface area contributed by atoms with E-state index in [1.54, 1.807) is 6.20 Å². The monoisotopic (exact) mass is 296 g/mol. The highest BCUT2D eigenvalue weighted by molar-refractivity contribution is 5.94. The summed E-state index contributed by atoms with van der Waals surface area (Å²) in [7, 11) is 0. The van der Waals surface area contributed by atoms with E-state index in [1.165, 1.54) is 6.42 Å². The number of carbonyl (C=O) groups is 1. The minimum atomic E-state index is 0.1000. The standard InChI is InChI=1S/C18H20N2O2/c21-18(20-11-4-1-5-12-20)15-7-6-9-17(13-15)22-14-16-8-2-3-10-19-16/h2-3,6-10,13H,1,4-5,11-12,14H2. The fraction of sp³-hybridized carbons (Fsp3) is 0.333. The van der Waals surface area contributed by atoms with Crippen molar-refractivity contribution in [3.8, 4) is 5.75 Å². The number of pyridine rings is 1. The van der Waals surface area contributed by atoms with Crippen molar-refractivity contribution in [1.29, 1.82) is 0 Å². The van der Waals surface area contributed by atoms with Crippen molar-refractivity contribution in [2.24, 2.45) is 0 Å². The third kappa shape index (κ3) is 3.64. The topological polar surface area (TPSA) is 42.4 Å². The van der Waals surface area contributed by atoms with Gasteiger partial charge in [0.1, 0.15) is 12.4 Å². The molecule has 0 unspecified atom stereocenters. The van der Waals surface area contributed by atoms with Crippen LogP contribution in [-0.4, -0.2) is 28.9 Å². The Morgan fingerprint density at radius 1 is 1.09 bits per heavy atom. The number of aromatic nitrogens is 1. The second-order valence-corrected chi connectivity index (χ2v) is 5.49. The number of carbonyl (C=O) groups excluding carboxylic acids is 1. The zero-order chi connectivity index (χ0) is 15.2. The largest absolute Gasteiger partial charge is 0.487 e. The summed E-state index contributed by atoms with van der Waals surface area (Å²) in [4.78, 5) is 18.6. The number of rotatable bonds is 4. The normalized spacial score (nSPS) is 14.6. The lowest BCUT2D eigenvalue weighted by atomic mass is 10.1. The molecule has 3 rings (SSSR count). The minimum Gasteiger partial charge on any atom is -0.487 e. The lowest BCUT2D eigenvalue weighted by Gasteiger charge is -2.26. The summed E-state index contributed by atoms with van der Waals surface area (Å²) in [6.45, 7) is 2.12. The molecule has 0 aliphatic carbocycles. The molecule has 1 aliphatic rings. The molecule has 4 nitrogen and oxygen atoms in total. The Kier molecular flexibility index (Phi) is 4.68. The van der Waals surface area contributed by atoms with Crippen molar-refractivity contribution in [3.63, 3.8) is 0 Å². The summed E-state index contributed by atoms with van der Waals surface area (Å²) in [6, 6.07) is 13.1. The Morgan fingerprint density at radius 2 is 1.95 bits per heavy atom. The molecule has 1 aromatic heterocycles. The fourth-order valence-electron chi connectivity index (χ4n) is 2.64. The van der Waals surface area contributed by atoms with Gasteiger partial charge in [-0.25, -0.2) is 0 Å². The second kappa shape index (κ2) is 7.07. The van der Waals surface area contributed by atoms with E-state index >= 15 is 0 Å². The van der Waals surface area contributed by atoms with Gasteiger partial charge in [0.05, 0.1) is 5.69 Å². The molecule has 0 N–H and O–H groups in total. The molecule has 2 aromatic rings. The predicted molar refractivity (Wildman–Crippen MR) is 84.8 cm³/mol. The molecule has 0 spiro atoms. The van der Waals surface area contributed by atoms with Crippen LogP contribution >= 0.6 is 0 Å². The summed E-state index contributed by atoms with van der Waals surface area (Å²) < 4.78 is 5.74. The summed E-state index contributed by atoms with van der Waals surface area (Å²) in [5, 5.41) is 0. The van der Waals surface area contributed by atoms with Gasteiger partial charge in [0, 0.05) is 24.8 Å². The van der Waals surface area contributed by atoms with Gasteiger partial charge >= 0.3 is 0 Å². The molecule has 114 valence electrons. The van der Waals surface area contributed by atoms with Crippen molar-refractivity contribution >= 4 is 5.91 Å². The van der Waals surface area contributed by atoms with Crippen molar-refractivity contribution in [3.05, 3.63) is 59.9 Å². The maximum absolute atomic E-state index is 12.5. The zero-order valence-electron chi connectivity index (χ0n) is 12.6. The molecule has 0 saturated carbocycles. The molecule has 4 heteroatoms. The zero-order valence-corrected chi connectivity index (χ0v) is 12.6. The van der Waals surface area contributed by atoms with Crippen LogP contribution in [0.25, 0.3) is 0 Å². The van der Waals surface area contributed by atoms with Gasteiger partial charge in [-0.2, -0.15) is 0 Å². The van der Waals surface area contributed by atoms with E-state index in [0.29, 0.717) is 17.9 Å². The first-order valence-corrected chi connectivity index (χ1v) is 7.75. The summed E-state index contributed by atoms with van der Waals surface area (Å²) in [6.07, 6.45) is 5.16. The summed E-state index contributed by atoms with van der Waals surface area (Å²) in [5.41, 5.74) is 1.57. The highest BCUT2D eigenvalue weighted by Gasteiger charge is 2.18. The van der Waals surface area contributed by atoms with E-state index in [9.17, 15) is 4.79 Å². The predicted octanol–water partition coefficient (Wildman–Crippen LogP) is 3.29. The molecule has 0 bridgehead atoms. The van der Waals surface area contributed by atoms with Crippen LogP contribution in [0.3, 0.4) is 0 Å². The maximum atomic E-state index is 12.5. The van der Waals surface area contributed by atoms with Crippen LogP contribution in [0.4, 0.5) is 0 Å². The number of ether oxygens (including phenoxy) is 1. The van der Waals surface area contributed by atoms with Crippen molar-refractivity contribution in [1.82, 2.24) is 9.88 Å². The van der Waals surface area contributed by atoms with E-state index in [1.807, 2.05) is 47.4 Å². The number of nitrogens with zero attached hydrogens (tertiary/aromatic N) is 2. The fourth-order valence-corrected chi connectivity index (χ4v) is 2.64. The number of benzene rings is 1. The number of hydrogen-bond donors (Lipinski definition) is 0. The van der Waals surface area contributed by atoms with Crippen LogP contribution in [0.15, 0.2) is 48.7 Å². The molecule has 1 aromatic carbocycles. The Balaban J connectivity index is 1.65. The summed E-state index contributed by atoms with van der Waals surface area (Å²) in [5.74, 6) is 0.802. The van der Waals surface area contributed by atoms with Crippen LogP contribution in [0.1, 0.15) is 35.3 Å². The maximum Gasteiger partial charge on any atom is 0.253 e. The molecule has 1 saturated heterocycles. The molecule has 1 fully saturated rings. The number of likely N-dealkylation sites (tertiary alicyclic amines) is 1. The van der Waals surface area contributed by atoms with Gasteiger partial charge in [-0.1, -0.05) is 12.1 Å². The smallest absolute Gasteiger partial charge is 0.253 e. The molecule has 1 amide bonds. The first kappa shape index (κ1) is 14.6. The van der Waals surface area contributed by atoms with Gasteiger partial charge in [0.25, 0.3) is 5.91 Å². The average Bonchev–Trinajstić information content (AvgIpc) is 2.61. The summed E-state index contributed by atoms with van der Waals surface area (Å²) >= 11 is 0. The second-order valence-electron chi connectivity index (χ2n) is 5.49. The Morgan fingerprint density at radius 3 is 2.73 bits per heavy atom. The lowest BCUT2D eigenvalue weighted by molar-refractivity contribution is 0.0724. The highest BCUT2D eigenvalue weighted by atomic mass is 16.5. The molecule has 1 aliphatic heterocycles. The molecule has 22 heavy (non-hydrogen) atoms. The van der Waals surface area contributed by atoms with E-state index in [0.717, 1.165) is 31.6 Å². The van der Waals surface area contributed by atoms with E-state index in [-0.39, 0.29) is 5.91 Å². The quantitative estimate of drug-likeness (QED) is 0.869. The number of hydrogen-bond acceptors (Lipinski definition) is 3. The van der Waals surface area contributed by atoms with Crippen LogP contribution in [-0.2, 0) is 6.61 Å². The molecule has 2 heterocycles. The minimum absolute atomic E-state index is 0.1000. The third-order valence-corrected chi connectivity index (χ3v) is 3.84. The van der Waals surface area contributed by atoms with E-state index in [4.69, 9.17) is 4.74 Å². The van der Waals surface area contributed by atoms with Gasteiger partial charge in [0.2, 0.25) is 0 Å². The van der Waals surface area contributed by atoms with Gasteiger partial charge in [0.15, 0.2) is 0 Å². The van der Waals surface area contributed by atoms with Gasteiger partial charge in [-0.15, -0.1) is 0 Å². The third-order valence-electron chi connectivity index (χ3n) is 3.84. The number of piperidine rings is 1. The van der Waals surface area contributed by atoms with Crippen molar-refractivity contribution in [2.45, 2.75) is 25.9 Å². The van der Waals surface area contributed by atoms with Gasteiger partial charge in [-0.05, 0) is 49.6 Å². The average molecular weight is 296 g/mol. The van der Waals surface area contributed by atoms with Crippen LogP contribution in [0.5, 0.6) is 5.75 Å². The van der Waals surface area contributed by atoms with Crippen molar-refractivity contribution in [2.75, 3.05) is 13.1 Å². The Bertz CT molecular complexity index is 622. The van der Waals surface area contributed by atoms with Crippen LogP contribution < -0.4 is 4.74 Å². The van der Waals surface area contributed by atoms with Gasteiger partial charge in [-0.3, -0.25) is 9.78 Å². The Labute approximate surface area is 130 Å².